The Balaban J connectivity index is 1.59. The topological polar surface area (TPSA) is 67.8 Å². The third-order valence-electron chi connectivity index (χ3n) is 4.12. The maximum atomic E-state index is 12.2. The number of fused-ring (bicyclic) bond motifs is 1. The van der Waals surface area contributed by atoms with Gasteiger partial charge >= 0.3 is 7.12 Å². The van der Waals surface area contributed by atoms with Crippen LogP contribution in [-0.2, 0) is 16.0 Å². The van der Waals surface area contributed by atoms with Gasteiger partial charge in [-0.3, -0.25) is 4.79 Å². The molecular formula is C15H20BNO4. The number of carbonyl (C=O) groups excluding carboxylic acids is 1. The van der Waals surface area contributed by atoms with E-state index in [-0.39, 0.29) is 18.1 Å². The Labute approximate surface area is 124 Å². The highest BCUT2D eigenvalue weighted by Gasteiger charge is 2.28. The van der Waals surface area contributed by atoms with Gasteiger partial charge in [-0.05, 0) is 49.3 Å². The molecular weight excluding hydrogens is 269 g/mol. The molecule has 112 valence electrons. The van der Waals surface area contributed by atoms with Crippen molar-refractivity contribution < 1.29 is 19.2 Å². The summed E-state index contributed by atoms with van der Waals surface area (Å²) in [7, 11) is -0.921. The third-order valence-corrected chi connectivity index (χ3v) is 4.12. The first kappa shape index (κ1) is 14.6. The molecule has 0 aromatic heterocycles. The van der Waals surface area contributed by atoms with Crippen LogP contribution in [0.4, 0.5) is 0 Å². The van der Waals surface area contributed by atoms with E-state index in [0.717, 1.165) is 24.8 Å². The summed E-state index contributed by atoms with van der Waals surface area (Å²) >= 11 is 0. The number of benzene rings is 1. The molecule has 1 fully saturated rings. The van der Waals surface area contributed by atoms with Crippen LogP contribution in [0.2, 0.25) is 0 Å². The first-order chi connectivity index (χ1) is 10.1. The van der Waals surface area contributed by atoms with Gasteiger partial charge in [0.05, 0.1) is 18.8 Å². The Hall–Kier alpha value is -1.37. The van der Waals surface area contributed by atoms with Gasteiger partial charge in [-0.1, -0.05) is 6.07 Å². The van der Waals surface area contributed by atoms with E-state index in [1.807, 2.05) is 6.07 Å². The van der Waals surface area contributed by atoms with E-state index in [4.69, 9.17) is 9.39 Å². The van der Waals surface area contributed by atoms with Crippen LogP contribution in [0.1, 0.15) is 42.1 Å². The summed E-state index contributed by atoms with van der Waals surface area (Å²) in [5.41, 5.74) is 2.16. The number of nitrogens with one attached hydrogen (secondary N) is 1. The minimum Gasteiger partial charge on any atom is -0.423 e. The number of carbonyl (C=O) groups is 1. The first-order valence-electron chi connectivity index (χ1n) is 7.49. The van der Waals surface area contributed by atoms with Gasteiger partial charge in [-0.15, -0.1) is 0 Å². The molecule has 2 aliphatic rings. The predicted octanol–water partition coefficient (Wildman–Crippen LogP) is 0.592. The van der Waals surface area contributed by atoms with Crippen LogP contribution in [0.3, 0.4) is 0 Å². The van der Waals surface area contributed by atoms with E-state index in [9.17, 15) is 9.82 Å². The van der Waals surface area contributed by atoms with Crippen molar-refractivity contribution in [1.82, 2.24) is 5.32 Å². The average molecular weight is 289 g/mol. The first-order valence-corrected chi connectivity index (χ1v) is 7.49. The van der Waals surface area contributed by atoms with E-state index in [2.05, 4.69) is 12.2 Å². The summed E-state index contributed by atoms with van der Waals surface area (Å²) in [6, 6.07) is 5.30. The van der Waals surface area contributed by atoms with Crippen LogP contribution >= 0.6 is 0 Å². The summed E-state index contributed by atoms with van der Waals surface area (Å²) in [4.78, 5) is 12.2. The molecule has 1 aromatic rings. The van der Waals surface area contributed by atoms with E-state index < -0.39 is 7.12 Å². The second-order valence-corrected chi connectivity index (χ2v) is 5.79. The fourth-order valence-corrected chi connectivity index (χ4v) is 2.91. The molecule has 2 heterocycles. The van der Waals surface area contributed by atoms with Gasteiger partial charge in [0.1, 0.15) is 0 Å². The highest BCUT2D eigenvalue weighted by molar-refractivity contribution is 6.61. The molecule has 6 heteroatoms. The van der Waals surface area contributed by atoms with Crippen molar-refractivity contribution >= 4 is 18.5 Å². The van der Waals surface area contributed by atoms with Crippen LogP contribution < -0.4 is 10.8 Å². The molecule has 2 aliphatic heterocycles. The van der Waals surface area contributed by atoms with Crippen molar-refractivity contribution in [3.63, 3.8) is 0 Å². The zero-order chi connectivity index (χ0) is 14.8. The average Bonchev–Trinajstić information content (AvgIpc) is 2.86. The molecule has 3 rings (SSSR count). The number of ether oxygens (including phenoxy) is 1. The van der Waals surface area contributed by atoms with Crippen molar-refractivity contribution in [3.05, 3.63) is 29.3 Å². The highest BCUT2D eigenvalue weighted by atomic mass is 16.5. The summed E-state index contributed by atoms with van der Waals surface area (Å²) in [6.45, 7) is 2.99. The molecule has 1 saturated heterocycles. The maximum absolute atomic E-state index is 12.2. The van der Waals surface area contributed by atoms with E-state index in [0.29, 0.717) is 24.2 Å². The van der Waals surface area contributed by atoms with Gasteiger partial charge in [-0.2, -0.15) is 0 Å². The second-order valence-electron chi connectivity index (χ2n) is 5.79. The second kappa shape index (κ2) is 6.18. The van der Waals surface area contributed by atoms with Gasteiger partial charge in [0.25, 0.3) is 5.91 Å². The third kappa shape index (κ3) is 3.28. The minimum absolute atomic E-state index is 0.0982. The zero-order valence-corrected chi connectivity index (χ0v) is 12.2. The molecule has 0 aliphatic carbocycles. The van der Waals surface area contributed by atoms with E-state index >= 15 is 0 Å². The van der Waals surface area contributed by atoms with Gasteiger partial charge in [0.2, 0.25) is 0 Å². The summed E-state index contributed by atoms with van der Waals surface area (Å²) in [5.74, 6) is -0.140. The van der Waals surface area contributed by atoms with Crippen LogP contribution in [-0.4, -0.2) is 36.8 Å². The van der Waals surface area contributed by atoms with Crippen LogP contribution in [0.5, 0.6) is 0 Å². The predicted molar refractivity (Wildman–Crippen MR) is 79.4 cm³/mol. The van der Waals surface area contributed by atoms with Crippen LogP contribution in [0.25, 0.3) is 0 Å². The minimum atomic E-state index is -0.921. The van der Waals surface area contributed by atoms with E-state index in [1.165, 1.54) is 0 Å². The zero-order valence-electron chi connectivity index (χ0n) is 12.2. The molecule has 21 heavy (non-hydrogen) atoms. The van der Waals surface area contributed by atoms with Crippen molar-refractivity contribution in [2.45, 2.75) is 45.0 Å². The standard InChI is InChI=1S/C15H20BNO4/c1-10-3-2-4-13(21-10)8-17-15(18)11-5-6-12-9-20-16(19)14(12)7-11/h5-7,10,13,19H,2-4,8-9H2,1H3,(H,17,18). The molecule has 0 spiro atoms. The SMILES string of the molecule is CC1CCCC(CNC(=O)c2ccc3c(c2)B(O)OC3)O1. The van der Waals surface area contributed by atoms with Gasteiger partial charge in [0.15, 0.2) is 0 Å². The lowest BCUT2D eigenvalue weighted by atomic mass is 9.79. The van der Waals surface area contributed by atoms with Gasteiger partial charge < -0.3 is 19.7 Å². The van der Waals surface area contributed by atoms with Crippen LogP contribution in [0, 0.1) is 0 Å². The Morgan fingerprint density at radius 3 is 3.14 bits per heavy atom. The Kier molecular flexibility index (Phi) is 4.28. The fourth-order valence-electron chi connectivity index (χ4n) is 2.91. The largest absolute Gasteiger partial charge is 0.491 e. The molecule has 1 amide bonds. The monoisotopic (exact) mass is 289 g/mol. The maximum Gasteiger partial charge on any atom is 0.491 e. The lowest BCUT2D eigenvalue weighted by Crippen LogP contribution is -2.38. The highest BCUT2D eigenvalue weighted by Crippen LogP contribution is 2.18. The Bertz CT molecular complexity index is 536. The molecule has 2 atom stereocenters. The van der Waals surface area contributed by atoms with Crippen LogP contribution in [0.15, 0.2) is 18.2 Å². The Morgan fingerprint density at radius 1 is 1.48 bits per heavy atom. The lowest BCUT2D eigenvalue weighted by Gasteiger charge is -2.27. The number of hydrogen-bond acceptors (Lipinski definition) is 4. The summed E-state index contributed by atoms with van der Waals surface area (Å²) in [5, 5.41) is 12.6. The normalized spacial score (nSPS) is 24.8. The van der Waals surface area contributed by atoms with Crippen molar-refractivity contribution in [1.29, 1.82) is 0 Å². The van der Waals surface area contributed by atoms with Gasteiger partial charge in [0, 0.05) is 12.1 Å². The van der Waals surface area contributed by atoms with Gasteiger partial charge in [-0.25, -0.2) is 0 Å². The fraction of sp³-hybridized carbons (Fsp3) is 0.533. The van der Waals surface area contributed by atoms with Crippen molar-refractivity contribution in [3.8, 4) is 0 Å². The molecule has 0 bridgehead atoms. The molecule has 2 N–H and O–H groups in total. The summed E-state index contributed by atoms with van der Waals surface area (Å²) in [6.07, 6.45) is 3.59. The quantitative estimate of drug-likeness (QED) is 0.799. The number of rotatable bonds is 3. The van der Waals surface area contributed by atoms with Crippen molar-refractivity contribution in [2.75, 3.05) is 6.54 Å². The number of amides is 1. The lowest BCUT2D eigenvalue weighted by molar-refractivity contribution is -0.0374. The molecule has 1 aromatic carbocycles. The molecule has 0 saturated carbocycles. The Morgan fingerprint density at radius 2 is 2.33 bits per heavy atom. The molecule has 5 nitrogen and oxygen atoms in total. The van der Waals surface area contributed by atoms with Crippen molar-refractivity contribution in [2.24, 2.45) is 0 Å². The molecule has 2 unspecified atom stereocenters. The smallest absolute Gasteiger partial charge is 0.423 e. The molecule has 0 radical (unpaired) electrons. The van der Waals surface area contributed by atoms with E-state index in [1.54, 1.807) is 12.1 Å². The summed E-state index contributed by atoms with van der Waals surface area (Å²) < 4.78 is 10.9. The number of hydrogen-bond donors (Lipinski definition) is 2.